The molecule has 0 fully saturated rings. The monoisotopic (exact) mass is 386 g/mol. The zero-order valence-electron chi connectivity index (χ0n) is 12.2. The lowest BCUT2D eigenvalue weighted by Gasteiger charge is -2.30. The number of rotatable bonds is 8. The molecule has 0 aromatic rings. The smallest absolute Gasteiger partial charge is 0.170 e. The Morgan fingerprint density at radius 1 is 0.476 bits per heavy atom. The van der Waals surface area contributed by atoms with Crippen molar-refractivity contribution >= 4 is 40.1 Å². The van der Waals surface area contributed by atoms with E-state index < -0.39 is 65.2 Å². The highest BCUT2D eigenvalue weighted by Gasteiger charge is 2.69. The van der Waals surface area contributed by atoms with E-state index in [9.17, 15) is 33.7 Å². The molecule has 0 radical (unpaired) electrons. The molecule has 0 spiro atoms. The minimum absolute atomic E-state index is 0.954. The van der Waals surface area contributed by atoms with Crippen molar-refractivity contribution in [2.45, 2.75) is 27.7 Å². The van der Waals surface area contributed by atoms with Crippen molar-refractivity contribution in [2.24, 2.45) is 0 Å². The van der Waals surface area contributed by atoms with Crippen LogP contribution < -0.4 is 0 Å². The fourth-order valence-electron chi connectivity index (χ4n) is 1.67. The Bertz CT molecular complexity index is 647. The molecular formula is C8H20NO8S4+. The largest absolute Gasteiger partial charge is 0.340 e. The molecular weight excluding hydrogens is 366 g/mol. The summed E-state index contributed by atoms with van der Waals surface area (Å²) in [5.74, 6) is -3.81. The maximum Gasteiger partial charge on any atom is 0.340 e. The van der Waals surface area contributed by atoms with Gasteiger partial charge in [-0.2, -0.15) is 33.7 Å². The van der Waals surface area contributed by atoms with Crippen molar-refractivity contribution in [1.29, 1.82) is 0 Å². The Morgan fingerprint density at radius 3 is 0.714 bits per heavy atom. The molecule has 0 N–H and O–H groups in total. The molecule has 0 aliphatic heterocycles. The van der Waals surface area contributed by atoms with Gasteiger partial charge < -0.3 is 0 Å². The molecule has 0 rings (SSSR count). The molecule has 21 heavy (non-hydrogen) atoms. The van der Waals surface area contributed by atoms with Gasteiger partial charge in [0.1, 0.15) is 23.0 Å². The van der Waals surface area contributed by atoms with Crippen LogP contribution in [0.5, 0.6) is 0 Å². The van der Waals surface area contributed by atoms with Crippen LogP contribution in [0.3, 0.4) is 0 Å². The SMILES string of the molecule is CCS(=O)(=O)[N+](S(=O)(=O)CC)(S(=O)(=O)CC)S(=O)(=O)CC. The number of hydrogen-bond donors (Lipinski definition) is 0. The van der Waals surface area contributed by atoms with Gasteiger partial charge in [0, 0.05) is 0 Å². The average molecular weight is 387 g/mol. The van der Waals surface area contributed by atoms with Crippen LogP contribution in [0, 0.1) is 0 Å². The van der Waals surface area contributed by atoms with E-state index in [1.165, 1.54) is 0 Å². The molecule has 0 heterocycles. The lowest BCUT2D eigenvalue weighted by atomic mass is 11.0. The van der Waals surface area contributed by atoms with E-state index in [0.717, 1.165) is 27.7 Å². The van der Waals surface area contributed by atoms with Crippen molar-refractivity contribution in [1.82, 2.24) is 0 Å². The Morgan fingerprint density at radius 2 is 0.619 bits per heavy atom. The van der Waals surface area contributed by atoms with Crippen LogP contribution in [0.4, 0.5) is 0 Å². The van der Waals surface area contributed by atoms with Crippen LogP contribution in [-0.2, 0) is 40.1 Å². The zero-order valence-corrected chi connectivity index (χ0v) is 15.4. The quantitative estimate of drug-likeness (QED) is 0.495. The topological polar surface area (TPSA) is 137 Å². The van der Waals surface area contributed by atoms with Gasteiger partial charge in [0.25, 0.3) is 0 Å². The Balaban J connectivity index is 7.61. The number of nitrogens with zero attached hydrogens (tertiary/aromatic N) is 1. The summed E-state index contributed by atoms with van der Waals surface area (Å²) in [5.41, 5.74) is 0. The molecule has 128 valence electrons. The average Bonchev–Trinajstić information content (AvgIpc) is 2.37. The molecule has 0 saturated heterocycles. The van der Waals surface area contributed by atoms with Gasteiger partial charge in [-0.3, -0.25) is 0 Å². The van der Waals surface area contributed by atoms with Crippen LogP contribution in [0.1, 0.15) is 27.7 Å². The van der Waals surface area contributed by atoms with Crippen LogP contribution in [-0.4, -0.2) is 58.8 Å². The van der Waals surface area contributed by atoms with Crippen LogP contribution in [0.15, 0.2) is 0 Å². The molecule has 9 nitrogen and oxygen atoms in total. The maximum absolute atomic E-state index is 12.3. The minimum Gasteiger partial charge on any atom is -0.170 e. The summed E-state index contributed by atoms with van der Waals surface area (Å²) in [6, 6.07) is 0. The van der Waals surface area contributed by atoms with E-state index in [-0.39, 0.29) is 0 Å². The number of quaternary nitrogens is 1. The van der Waals surface area contributed by atoms with E-state index in [2.05, 4.69) is 0 Å². The second-order valence-electron chi connectivity index (χ2n) is 3.93. The van der Waals surface area contributed by atoms with Gasteiger partial charge in [0.15, 0.2) is 0 Å². The van der Waals surface area contributed by atoms with Gasteiger partial charge in [0.2, 0.25) is 0 Å². The highest BCUT2D eigenvalue weighted by molar-refractivity contribution is 8.20. The molecule has 0 amide bonds. The third-order valence-corrected chi connectivity index (χ3v) is 16.6. The van der Waals surface area contributed by atoms with Crippen molar-refractivity contribution in [3.8, 4) is 0 Å². The highest BCUT2D eigenvalue weighted by atomic mass is 32.4. The molecule has 13 heteroatoms. The third-order valence-electron chi connectivity index (χ3n) is 2.82. The number of hydrogen-bond acceptors (Lipinski definition) is 8. The first-order valence-electron chi connectivity index (χ1n) is 6.05. The second-order valence-corrected chi connectivity index (χ2v) is 14.5. The predicted molar refractivity (Wildman–Crippen MR) is 78.1 cm³/mol. The number of sulfonamides is 4. The summed E-state index contributed by atoms with van der Waals surface area (Å²) in [6.45, 7) is 3.96. The van der Waals surface area contributed by atoms with Gasteiger partial charge in [-0.15, -0.1) is 0 Å². The van der Waals surface area contributed by atoms with E-state index in [0.29, 0.717) is 0 Å². The molecule has 0 atom stereocenters. The van der Waals surface area contributed by atoms with Crippen molar-refractivity contribution in [3.63, 3.8) is 0 Å². The molecule has 0 aliphatic carbocycles. The predicted octanol–water partition coefficient (Wildman–Crippen LogP) is -0.798. The fourth-order valence-corrected chi connectivity index (χ4v) is 15.0. The van der Waals surface area contributed by atoms with Crippen LogP contribution in [0.25, 0.3) is 0 Å². The highest BCUT2D eigenvalue weighted by Crippen LogP contribution is 2.35. The molecule has 0 aliphatic rings. The summed E-state index contributed by atoms with van der Waals surface area (Å²) in [7, 11) is -20.2. The van der Waals surface area contributed by atoms with E-state index in [4.69, 9.17) is 0 Å². The summed E-state index contributed by atoms with van der Waals surface area (Å²) < 4.78 is 95.3. The Hall–Kier alpha value is -0.240. The molecule has 0 aromatic heterocycles. The molecule has 0 aromatic carbocycles. The first-order valence-corrected chi connectivity index (χ1v) is 12.5. The lowest BCUT2D eigenvalue weighted by Crippen LogP contribution is -2.65. The Kier molecular flexibility index (Phi) is 6.03. The van der Waals surface area contributed by atoms with Gasteiger partial charge in [0.05, 0.1) is 2.10 Å². The van der Waals surface area contributed by atoms with Gasteiger partial charge in [-0.05, 0) is 27.7 Å². The standard InChI is InChI=1S/C8H20NO8S4/c1-5-18(10,11)9(19(12,13)6-2,20(14,15)7-3)21(16,17)8-4/h5-8H2,1-4H3/q+1. The summed E-state index contributed by atoms with van der Waals surface area (Å²) in [5, 5.41) is 0. The van der Waals surface area contributed by atoms with Crippen molar-refractivity contribution in [2.75, 3.05) is 23.0 Å². The van der Waals surface area contributed by atoms with Crippen LogP contribution >= 0.6 is 0 Å². The summed E-state index contributed by atoms with van der Waals surface area (Å²) >= 11 is 0. The van der Waals surface area contributed by atoms with Crippen LogP contribution in [0.2, 0.25) is 0 Å². The first kappa shape index (κ1) is 20.8. The molecule has 0 saturated carbocycles. The fraction of sp³-hybridized carbons (Fsp3) is 1.00. The Labute approximate surface area is 126 Å². The summed E-state index contributed by atoms with van der Waals surface area (Å²) in [4.78, 5) is 0. The van der Waals surface area contributed by atoms with E-state index >= 15 is 0 Å². The van der Waals surface area contributed by atoms with Gasteiger partial charge in [-0.25, -0.2) is 0 Å². The maximum atomic E-state index is 12.3. The van der Waals surface area contributed by atoms with E-state index in [1.807, 2.05) is 0 Å². The zero-order chi connectivity index (χ0) is 17.3. The van der Waals surface area contributed by atoms with Crippen molar-refractivity contribution < 1.29 is 35.8 Å². The molecule has 0 unspecified atom stereocenters. The minimum atomic E-state index is -5.06. The summed E-state index contributed by atoms with van der Waals surface area (Å²) in [6.07, 6.45) is 0. The second kappa shape index (κ2) is 6.10. The van der Waals surface area contributed by atoms with Crippen molar-refractivity contribution in [3.05, 3.63) is 0 Å². The lowest BCUT2D eigenvalue weighted by molar-refractivity contribution is -0.355. The van der Waals surface area contributed by atoms with E-state index in [1.54, 1.807) is 0 Å². The molecule has 0 bridgehead atoms. The first-order chi connectivity index (χ1) is 9.24. The normalized spacial score (nSPS) is 15.0. The van der Waals surface area contributed by atoms with Gasteiger partial charge in [-0.1, -0.05) is 0 Å². The van der Waals surface area contributed by atoms with Gasteiger partial charge >= 0.3 is 40.1 Å². The third kappa shape index (κ3) is 2.73.